The molecule has 0 unspecified atom stereocenters. The minimum Gasteiger partial charge on any atom is -0.364 e. The van der Waals surface area contributed by atoms with Crippen LogP contribution in [-0.2, 0) is 12.8 Å². The summed E-state index contributed by atoms with van der Waals surface area (Å²) in [5.74, 6) is 1.44. The fourth-order valence-electron chi connectivity index (χ4n) is 9.73. The highest BCUT2D eigenvalue weighted by Crippen LogP contribution is 2.41. The maximum absolute atomic E-state index is 12.6. The fraction of sp³-hybridized carbons (Fsp3) is 0.330. The number of pyridine rings is 2. The van der Waals surface area contributed by atoms with Crippen molar-refractivity contribution in [3.63, 3.8) is 0 Å². The van der Waals surface area contributed by atoms with E-state index in [1.165, 1.54) is 104 Å². The number of benzene rings is 8. The van der Waals surface area contributed by atoms with Crippen molar-refractivity contribution in [2.75, 3.05) is 0 Å². The number of aromatic nitrogens is 5. The van der Waals surface area contributed by atoms with E-state index >= 15 is 0 Å². The van der Waals surface area contributed by atoms with E-state index in [2.05, 4.69) is 284 Å². The molecule has 0 N–H and O–H groups in total. The van der Waals surface area contributed by atoms with Crippen molar-refractivity contribution < 1.29 is 8.91 Å². The lowest BCUT2D eigenvalue weighted by atomic mass is 9.99. The average Bonchev–Trinajstić information content (AvgIpc) is 1.70. The van der Waals surface area contributed by atoms with Gasteiger partial charge in [0.2, 0.25) is 0 Å². The molecule has 0 saturated heterocycles. The molecule has 0 aliphatic heterocycles. The summed E-state index contributed by atoms with van der Waals surface area (Å²) in [4.78, 5) is 16.8. The first-order valence-electron chi connectivity index (χ1n) is 37.0. The predicted octanol–water partition coefficient (Wildman–Crippen LogP) is 27.6. The predicted molar refractivity (Wildman–Crippen MR) is 452 cm³/mol. The number of hydrogen-bond donors (Lipinski definition) is 0. The third-order valence-electron chi connectivity index (χ3n) is 18.2. The highest BCUT2D eigenvalue weighted by molar-refractivity contribution is 6.31. The Morgan fingerprint density at radius 1 is 0.362 bits per heavy atom. The number of halogens is 2. The fourth-order valence-corrected chi connectivity index (χ4v) is 9.87. The van der Waals surface area contributed by atoms with E-state index in [0.717, 1.165) is 79.5 Å². The van der Waals surface area contributed by atoms with Crippen molar-refractivity contribution in [2.45, 2.75) is 217 Å². The van der Waals surface area contributed by atoms with Crippen LogP contribution < -0.4 is 0 Å². The zero-order chi connectivity index (χ0) is 78.4. The van der Waals surface area contributed by atoms with Gasteiger partial charge in [-0.3, -0.25) is 19.9 Å². The van der Waals surface area contributed by atoms with E-state index in [9.17, 15) is 4.39 Å². The Morgan fingerprint density at radius 3 is 1.00 bits per heavy atom. The molecule has 6 nitrogen and oxygen atoms in total. The van der Waals surface area contributed by atoms with Crippen molar-refractivity contribution >= 4 is 11.6 Å². The van der Waals surface area contributed by atoms with Gasteiger partial charge in [-0.1, -0.05) is 239 Å². The summed E-state index contributed by atoms with van der Waals surface area (Å²) in [5, 5.41) is 4.48. The Hall–Kier alpha value is -9.43. The standard InChI is InChI=1S/C10H12.2C10H14.C9H12.C8H9F.C8H12N2.2C8H10.C7H7Cl.2C7H9N.C5H7NO/c1-8-4-2-3-5-10(8)9-6-7-9;1-8(2)10-7-5-4-6-9(10)3;1-3-6-10-8-5-4-7-9(10)2;1-3-9-7-5-4-6-8(9)2;1-6-4-3-5-8(9)7(6)2;1-5-6(2)10-8(4)7(3)9-5;2*1-7-5-3-4-6-8(7)2;1-6-4-2-3-5-7(6)8;2*1-6-4-3-5-8-7(6)2;1-4-3-7-6-5(4)2/h2-5,9H,6-7H2,1H3;4-8H,1-3H3;4-5,7-8H,3,6H2,1-2H3;4-7H,3H2,1-2H3;3-5H,1-2H3;1-4H3;2*3-6H,1-2H3;2-5H,1H3;2*3-5H,1-2H3;3H,1-2H3. The highest BCUT2D eigenvalue weighted by atomic mass is 35.5. The van der Waals surface area contributed by atoms with Gasteiger partial charge in [-0.05, 0) is 302 Å². The third kappa shape index (κ3) is 38.2. The largest absolute Gasteiger partial charge is 0.364 e. The molecule has 1 fully saturated rings. The Kier molecular flexibility index (Phi) is 45.1. The summed E-state index contributed by atoms with van der Waals surface area (Å²) in [5.41, 5.74) is 31.0. The molecule has 1 saturated carbocycles. The Balaban J connectivity index is 0.000000390. The summed E-state index contributed by atoms with van der Waals surface area (Å²) >= 11 is 5.71. The molecule has 0 bridgehead atoms. The summed E-state index contributed by atoms with van der Waals surface area (Å²) in [7, 11) is 0. The number of hydrogen-bond acceptors (Lipinski definition) is 6. The molecule has 0 atom stereocenters. The van der Waals surface area contributed by atoms with Gasteiger partial charge in [0.1, 0.15) is 12.1 Å². The van der Waals surface area contributed by atoms with Gasteiger partial charge in [0.05, 0.1) is 28.5 Å². The maximum Gasteiger partial charge on any atom is 0.126 e. The molecule has 12 aromatic rings. The molecule has 105 heavy (non-hydrogen) atoms. The van der Waals surface area contributed by atoms with Gasteiger partial charge in [-0.2, -0.15) is 0 Å². The van der Waals surface area contributed by atoms with Gasteiger partial charge in [0.25, 0.3) is 0 Å². The van der Waals surface area contributed by atoms with Gasteiger partial charge in [0, 0.05) is 34.4 Å². The lowest BCUT2D eigenvalue weighted by Crippen LogP contribution is -1.97. The van der Waals surface area contributed by atoms with Crippen LogP contribution in [0.3, 0.4) is 0 Å². The van der Waals surface area contributed by atoms with Crippen LogP contribution in [0.15, 0.2) is 236 Å². The minimum atomic E-state index is -0.116. The normalized spacial score (nSPS) is 10.3. The molecule has 1 aliphatic rings. The molecule has 4 heterocycles. The summed E-state index contributed by atoms with van der Waals surface area (Å²) in [6.45, 7) is 51.6. The van der Waals surface area contributed by atoms with Crippen LogP contribution in [0.4, 0.5) is 4.39 Å². The van der Waals surface area contributed by atoms with Crippen molar-refractivity contribution in [3.05, 3.63) is 382 Å². The molecular weight excluding hydrogens is 1310 g/mol. The SMILES string of the molecule is CCCc1ccccc1C.CCc1ccccc1C.Cc1cccc(F)c1C.Cc1ccccc1C.Cc1ccccc1C.Cc1ccccc1C(C)C.Cc1ccccc1C1CC1.Cc1ccccc1Cl.Cc1cccnc1C.Cc1cccnc1C.Cc1conc1C.Cc1nc(C)c(C)nc1C. The second-order valence-corrected chi connectivity index (χ2v) is 27.6. The first-order chi connectivity index (χ1) is 49.9. The van der Waals surface area contributed by atoms with Crippen molar-refractivity contribution in [2.24, 2.45) is 0 Å². The first kappa shape index (κ1) is 91.7. The van der Waals surface area contributed by atoms with Gasteiger partial charge in [-0.25, -0.2) is 4.39 Å². The van der Waals surface area contributed by atoms with Crippen LogP contribution in [0.25, 0.3) is 0 Å². The maximum atomic E-state index is 12.6. The second-order valence-electron chi connectivity index (χ2n) is 27.2. The van der Waals surface area contributed by atoms with E-state index < -0.39 is 0 Å². The molecular formula is C97H125ClFN5O. The molecule has 1 aliphatic carbocycles. The van der Waals surface area contributed by atoms with Crippen LogP contribution in [0.5, 0.6) is 0 Å². The smallest absolute Gasteiger partial charge is 0.126 e. The van der Waals surface area contributed by atoms with Crippen molar-refractivity contribution in [1.82, 2.24) is 25.1 Å². The molecule has 4 aromatic heterocycles. The molecule has 0 radical (unpaired) electrons. The zero-order valence-corrected chi connectivity index (χ0v) is 69.3. The van der Waals surface area contributed by atoms with Crippen LogP contribution in [0, 0.1) is 151 Å². The molecule has 13 rings (SSSR count). The summed E-state index contributed by atoms with van der Waals surface area (Å²) < 4.78 is 17.2. The van der Waals surface area contributed by atoms with E-state index in [0.29, 0.717) is 5.92 Å². The molecule has 8 aromatic carbocycles. The lowest BCUT2D eigenvalue weighted by Gasteiger charge is -2.07. The molecule has 0 spiro atoms. The van der Waals surface area contributed by atoms with E-state index in [1.54, 1.807) is 24.8 Å². The zero-order valence-electron chi connectivity index (χ0n) is 68.5. The minimum absolute atomic E-state index is 0.116. The Labute approximate surface area is 640 Å². The third-order valence-corrected chi connectivity index (χ3v) is 18.6. The van der Waals surface area contributed by atoms with Gasteiger partial charge in [-0.15, -0.1) is 0 Å². The second kappa shape index (κ2) is 51.7. The number of aryl methyl sites for hydroxylation is 22. The highest BCUT2D eigenvalue weighted by Gasteiger charge is 2.24. The van der Waals surface area contributed by atoms with Crippen LogP contribution in [-0.4, -0.2) is 25.1 Å². The molecule has 558 valence electrons. The topological polar surface area (TPSA) is 77.6 Å². The number of nitrogens with zero attached hydrogens (tertiary/aromatic N) is 5. The van der Waals surface area contributed by atoms with E-state index in [4.69, 9.17) is 11.6 Å². The molecule has 8 heteroatoms. The van der Waals surface area contributed by atoms with Crippen molar-refractivity contribution in [1.29, 1.82) is 0 Å². The van der Waals surface area contributed by atoms with Gasteiger partial charge < -0.3 is 4.52 Å². The van der Waals surface area contributed by atoms with Crippen LogP contribution in [0.1, 0.15) is 199 Å². The summed E-state index contributed by atoms with van der Waals surface area (Å²) in [6, 6.07) is 71.9. The van der Waals surface area contributed by atoms with Crippen molar-refractivity contribution in [3.8, 4) is 0 Å². The quantitative estimate of drug-likeness (QED) is 0.171. The first-order valence-corrected chi connectivity index (χ1v) is 37.4. The lowest BCUT2D eigenvalue weighted by molar-refractivity contribution is 0.414. The summed E-state index contributed by atoms with van der Waals surface area (Å²) in [6.07, 6.45) is 11.7. The Bertz CT molecular complexity index is 3880. The van der Waals surface area contributed by atoms with Crippen LogP contribution in [0.2, 0.25) is 5.02 Å². The van der Waals surface area contributed by atoms with E-state index in [1.807, 2.05) is 124 Å². The van der Waals surface area contributed by atoms with Gasteiger partial charge in [0.15, 0.2) is 0 Å². The molecule has 0 amide bonds. The average molecular weight is 1430 g/mol. The van der Waals surface area contributed by atoms with E-state index in [-0.39, 0.29) is 5.82 Å². The van der Waals surface area contributed by atoms with Crippen LogP contribution >= 0.6 is 11.6 Å². The Morgan fingerprint density at radius 2 is 0.733 bits per heavy atom. The monoisotopic (exact) mass is 1430 g/mol. The number of rotatable bonds is 5. The van der Waals surface area contributed by atoms with Gasteiger partial charge >= 0.3 is 0 Å².